The highest BCUT2D eigenvalue weighted by Gasteiger charge is 2.42. The quantitative estimate of drug-likeness (QED) is 0.763. The molecule has 0 radical (unpaired) electrons. The molecule has 3 heteroatoms. The number of amides is 1. The maximum absolute atomic E-state index is 11.9. The second kappa shape index (κ2) is 6.05. The summed E-state index contributed by atoms with van der Waals surface area (Å²) in [6.45, 7) is 4.28. The van der Waals surface area contributed by atoms with Crippen molar-refractivity contribution in [2.75, 3.05) is 0 Å². The lowest BCUT2D eigenvalue weighted by Gasteiger charge is -2.28. The fraction of sp³-hybridized carbons (Fsp3) is 0.933. The molecule has 0 aromatic rings. The van der Waals surface area contributed by atoms with Crippen molar-refractivity contribution in [1.29, 1.82) is 0 Å². The molecule has 0 aliphatic heterocycles. The summed E-state index contributed by atoms with van der Waals surface area (Å²) in [7, 11) is 0. The van der Waals surface area contributed by atoms with E-state index in [-0.39, 0.29) is 11.9 Å². The monoisotopic (exact) mass is 252 g/mol. The van der Waals surface area contributed by atoms with E-state index in [9.17, 15) is 4.79 Å². The Morgan fingerprint density at radius 2 is 2.17 bits per heavy atom. The lowest BCUT2D eigenvalue weighted by Crippen LogP contribution is -2.42. The number of nitrogens with two attached hydrogens (primary N) is 1. The minimum atomic E-state index is 0.0298. The van der Waals surface area contributed by atoms with E-state index in [0.717, 1.165) is 30.6 Å². The summed E-state index contributed by atoms with van der Waals surface area (Å²) < 4.78 is 0. The molecule has 0 saturated heterocycles. The summed E-state index contributed by atoms with van der Waals surface area (Å²) in [5.74, 6) is 2.68. The van der Waals surface area contributed by atoms with Crippen LogP contribution in [0.1, 0.15) is 58.8 Å². The summed E-state index contributed by atoms with van der Waals surface area (Å²) in [4.78, 5) is 11.9. The molecule has 0 aromatic heterocycles. The Labute approximate surface area is 111 Å². The Morgan fingerprint density at radius 1 is 1.39 bits per heavy atom. The molecule has 2 aliphatic carbocycles. The highest BCUT2D eigenvalue weighted by atomic mass is 16.1. The van der Waals surface area contributed by atoms with Crippen molar-refractivity contribution < 1.29 is 4.79 Å². The average Bonchev–Trinajstić information content (AvgIpc) is 2.90. The van der Waals surface area contributed by atoms with Crippen LogP contribution in [0, 0.1) is 17.8 Å². The van der Waals surface area contributed by atoms with Gasteiger partial charge in [0, 0.05) is 18.5 Å². The van der Waals surface area contributed by atoms with Gasteiger partial charge in [0.1, 0.15) is 0 Å². The molecule has 1 amide bonds. The number of nitrogens with one attached hydrogen (secondary N) is 1. The number of hydrogen-bond acceptors (Lipinski definition) is 2. The van der Waals surface area contributed by atoms with Crippen molar-refractivity contribution in [3.8, 4) is 0 Å². The Bertz CT molecular complexity index is 292. The molecule has 0 spiro atoms. The Kier molecular flexibility index (Phi) is 4.66. The summed E-state index contributed by atoms with van der Waals surface area (Å²) >= 11 is 0. The standard InChI is InChI=1S/C15H28N2O/c1-3-4-13(16)9-15(18)17-10(2)14-8-11-5-6-12(14)7-11/h10-14H,3-9,16H2,1-2H3,(H,17,18). The van der Waals surface area contributed by atoms with Crippen LogP contribution < -0.4 is 11.1 Å². The second-order valence-electron chi connectivity index (χ2n) is 6.45. The van der Waals surface area contributed by atoms with Crippen LogP contribution >= 0.6 is 0 Å². The third kappa shape index (κ3) is 3.25. The first kappa shape index (κ1) is 13.9. The number of hydrogen-bond donors (Lipinski definition) is 2. The van der Waals surface area contributed by atoms with Crippen molar-refractivity contribution in [3.05, 3.63) is 0 Å². The Balaban J connectivity index is 1.73. The largest absolute Gasteiger partial charge is 0.353 e. The molecule has 2 rings (SSSR count). The van der Waals surface area contributed by atoms with Gasteiger partial charge in [0.05, 0.1) is 0 Å². The number of carbonyl (C=O) groups is 1. The summed E-state index contributed by atoms with van der Waals surface area (Å²) in [5, 5.41) is 3.18. The van der Waals surface area contributed by atoms with Crippen molar-refractivity contribution in [2.24, 2.45) is 23.5 Å². The number of rotatable bonds is 6. The molecule has 3 N–H and O–H groups in total. The van der Waals surface area contributed by atoms with E-state index in [4.69, 9.17) is 5.73 Å². The van der Waals surface area contributed by atoms with Gasteiger partial charge in [0.2, 0.25) is 5.91 Å². The molecule has 104 valence electrons. The molecule has 2 saturated carbocycles. The third-order valence-electron chi connectivity index (χ3n) is 4.93. The van der Waals surface area contributed by atoms with Crippen LogP contribution in [-0.4, -0.2) is 18.0 Å². The summed E-state index contributed by atoms with van der Waals surface area (Å²) in [5.41, 5.74) is 5.91. The zero-order chi connectivity index (χ0) is 13.1. The Morgan fingerprint density at radius 3 is 2.72 bits per heavy atom. The lowest BCUT2D eigenvalue weighted by molar-refractivity contribution is -0.122. The van der Waals surface area contributed by atoms with E-state index in [1.807, 2.05) is 0 Å². The van der Waals surface area contributed by atoms with Gasteiger partial charge in [-0.2, -0.15) is 0 Å². The predicted molar refractivity (Wildman–Crippen MR) is 74.0 cm³/mol. The van der Waals surface area contributed by atoms with Crippen LogP contribution in [0.5, 0.6) is 0 Å². The molecule has 2 bridgehead atoms. The fourth-order valence-electron chi connectivity index (χ4n) is 4.04. The van der Waals surface area contributed by atoms with Gasteiger partial charge in [-0.15, -0.1) is 0 Å². The summed E-state index contributed by atoms with van der Waals surface area (Å²) in [6.07, 6.45) is 8.01. The molecular formula is C15H28N2O. The van der Waals surface area contributed by atoms with Gasteiger partial charge in [-0.3, -0.25) is 4.79 Å². The van der Waals surface area contributed by atoms with Crippen LogP contribution in [0.25, 0.3) is 0 Å². The predicted octanol–water partition coefficient (Wildman–Crippen LogP) is 2.44. The topological polar surface area (TPSA) is 55.1 Å². The van der Waals surface area contributed by atoms with Crippen LogP contribution in [-0.2, 0) is 4.79 Å². The molecule has 2 fully saturated rings. The maximum Gasteiger partial charge on any atom is 0.221 e. The first-order valence-electron chi connectivity index (χ1n) is 7.65. The smallest absolute Gasteiger partial charge is 0.221 e. The molecule has 18 heavy (non-hydrogen) atoms. The average molecular weight is 252 g/mol. The van der Waals surface area contributed by atoms with Crippen molar-refractivity contribution >= 4 is 5.91 Å². The van der Waals surface area contributed by atoms with E-state index in [0.29, 0.717) is 12.5 Å². The SMILES string of the molecule is CCCC(N)CC(=O)NC(C)C1CC2CCC1C2. The highest BCUT2D eigenvalue weighted by molar-refractivity contribution is 5.76. The lowest BCUT2D eigenvalue weighted by atomic mass is 9.84. The molecule has 5 unspecified atom stereocenters. The van der Waals surface area contributed by atoms with E-state index in [1.165, 1.54) is 25.7 Å². The zero-order valence-electron chi connectivity index (χ0n) is 11.8. The molecule has 5 atom stereocenters. The number of fused-ring (bicyclic) bond motifs is 2. The van der Waals surface area contributed by atoms with Crippen molar-refractivity contribution in [2.45, 2.75) is 70.9 Å². The minimum absolute atomic E-state index is 0.0298. The molecule has 0 heterocycles. The van der Waals surface area contributed by atoms with Gasteiger partial charge < -0.3 is 11.1 Å². The maximum atomic E-state index is 11.9. The van der Waals surface area contributed by atoms with Crippen LogP contribution in [0.15, 0.2) is 0 Å². The minimum Gasteiger partial charge on any atom is -0.353 e. The third-order valence-corrected chi connectivity index (χ3v) is 4.93. The van der Waals surface area contributed by atoms with Gasteiger partial charge in [0.25, 0.3) is 0 Å². The van der Waals surface area contributed by atoms with Crippen molar-refractivity contribution in [1.82, 2.24) is 5.32 Å². The Hall–Kier alpha value is -0.570. The molecule has 3 nitrogen and oxygen atoms in total. The summed E-state index contributed by atoms with van der Waals surface area (Å²) in [6, 6.07) is 0.365. The zero-order valence-corrected chi connectivity index (χ0v) is 11.8. The van der Waals surface area contributed by atoms with E-state index >= 15 is 0 Å². The van der Waals surface area contributed by atoms with Crippen LogP contribution in [0.2, 0.25) is 0 Å². The van der Waals surface area contributed by atoms with Crippen LogP contribution in [0.4, 0.5) is 0 Å². The number of carbonyl (C=O) groups excluding carboxylic acids is 1. The molecular weight excluding hydrogens is 224 g/mol. The van der Waals surface area contributed by atoms with Crippen LogP contribution in [0.3, 0.4) is 0 Å². The molecule has 0 aromatic carbocycles. The normalized spacial score (nSPS) is 33.4. The first-order chi connectivity index (χ1) is 8.60. The van der Waals surface area contributed by atoms with E-state index < -0.39 is 0 Å². The van der Waals surface area contributed by atoms with Gasteiger partial charge in [0.15, 0.2) is 0 Å². The second-order valence-corrected chi connectivity index (χ2v) is 6.45. The van der Waals surface area contributed by atoms with Crippen molar-refractivity contribution in [3.63, 3.8) is 0 Å². The van der Waals surface area contributed by atoms with E-state index in [1.54, 1.807) is 0 Å². The first-order valence-corrected chi connectivity index (χ1v) is 7.65. The van der Waals surface area contributed by atoms with Gasteiger partial charge >= 0.3 is 0 Å². The van der Waals surface area contributed by atoms with Gasteiger partial charge in [-0.25, -0.2) is 0 Å². The van der Waals surface area contributed by atoms with E-state index in [2.05, 4.69) is 19.2 Å². The fourth-order valence-corrected chi connectivity index (χ4v) is 4.04. The van der Waals surface area contributed by atoms with Gasteiger partial charge in [-0.05, 0) is 50.4 Å². The molecule has 2 aliphatic rings. The highest BCUT2D eigenvalue weighted by Crippen LogP contribution is 2.49. The van der Waals surface area contributed by atoms with Gasteiger partial charge in [-0.1, -0.05) is 19.8 Å².